The van der Waals surface area contributed by atoms with Gasteiger partial charge in [-0.05, 0) is 18.9 Å². The van der Waals surface area contributed by atoms with Crippen molar-refractivity contribution in [3.05, 3.63) is 34.4 Å². The second-order valence-electron chi connectivity index (χ2n) is 4.34. The molecule has 0 aromatic heterocycles. The van der Waals surface area contributed by atoms with Gasteiger partial charge in [0.25, 0.3) is 11.6 Å². The molecule has 1 aliphatic heterocycles. The van der Waals surface area contributed by atoms with E-state index in [-0.39, 0.29) is 11.4 Å². The van der Waals surface area contributed by atoms with Crippen LogP contribution in [0.3, 0.4) is 0 Å². The number of para-hydroxylation sites is 2. The van der Waals surface area contributed by atoms with E-state index in [2.05, 4.69) is 16.2 Å². The summed E-state index contributed by atoms with van der Waals surface area (Å²) >= 11 is 0. The molecule has 1 atom stereocenters. The SMILES string of the molecule is O=C(NNC(=O)[C@@H]1CCCO1)Nc1ccccc1[N+](=O)[O-]. The summed E-state index contributed by atoms with van der Waals surface area (Å²) in [5.74, 6) is -0.454. The Bertz CT molecular complexity index is 556. The van der Waals surface area contributed by atoms with Gasteiger partial charge in [0.1, 0.15) is 11.8 Å². The second kappa shape index (κ2) is 6.66. The zero-order valence-corrected chi connectivity index (χ0v) is 11.0. The molecule has 0 aliphatic carbocycles. The first-order valence-corrected chi connectivity index (χ1v) is 6.30. The maximum Gasteiger partial charge on any atom is 0.338 e. The number of hydrogen-bond donors (Lipinski definition) is 3. The molecule has 0 spiro atoms. The zero-order valence-electron chi connectivity index (χ0n) is 11.0. The van der Waals surface area contributed by atoms with Crippen molar-refractivity contribution in [2.24, 2.45) is 0 Å². The number of carbonyl (C=O) groups excluding carboxylic acids is 2. The molecule has 0 saturated carbocycles. The molecule has 1 saturated heterocycles. The molecule has 1 heterocycles. The first-order chi connectivity index (χ1) is 10.1. The fourth-order valence-corrected chi connectivity index (χ4v) is 1.88. The molecule has 0 bridgehead atoms. The van der Waals surface area contributed by atoms with Gasteiger partial charge in [-0.25, -0.2) is 10.2 Å². The topological polar surface area (TPSA) is 123 Å². The van der Waals surface area contributed by atoms with Crippen molar-refractivity contribution in [1.29, 1.82) is 0 Å². The number of hydrogen-bond acceptors (Lipinski definition) is 5. The van der Waals surface area contributed by atoms with Crippen molar-refractivity contribution in [3.63, 3.8) is 0 Å². The number of anilines is 1. The highest BCUT2D eigenvalue weighted by Crippen LogP contribution is 2.22. The van der Waals surface area contributed by atoms with Gasteiger partial charge in [0.05, 0.1) is 4.92 Å². The van der Waals surface area contributed by atoms with Crippen molar-refractivity contribution < 1.29 is 19.2 Å². The molecule has 1 aromatic rings. The van der Waals surface area contributed by atoms with Gasteiger partial charge in [-0.3, -0.25) is 20.3 Å². The zero-order chi connectivity index (χ0) is 15.2. The first kappa shape index (κ1) is 14.7. The highest BCUT2D eigenvalue weighted by atomic mass is 16.6. The maximum absolute atomic E-state index is 11.6. The van der Waals surface area contributed by atoms with Gasteiger partial charge < -0.3 is 10.1 Å². The summed E-state index contributed by atoms with van der Waals surface area (Å²) in [6.07, 6.45) is 0.816. The molecule has 21 heavy (non-hydrogen) atoms. The smallest absolute Gasteiger partial charge is 0.338 e. The van der Waals surface area contributed by atoms with E-state index in [4.69, 9.17) is 4.74 Å². The van der Waals surface area contributed by atoms with Crippen LogP contribution >= 0.6 is 0 Å². The van der Waals surface area contributed by atoms with Crippen molar-refractivity contribution >= 4 is 23.3 Å². The average molecular weight is 294 g/mol. The molecule has 1 aromatic carbocycles. The Balaban J connectivity index is 1.87. The van der Waals surface area contributed by atoms with Gasteiger partial charge in [-0.1, -0.05) is 12.1 Å². The lowest BCUT2D eigenvalue weighted by atomic mass is 10.2. The minimum Gasteiger partial charge on any atom is -0.368 e. The third kappa shape index (κ3) is 3.89. The van der Waals surface area contributed by atoms with E-state index < -0.39 is 23.0 Å². The number of nitro benzene ring substituents is 1. The van der Waals surface area contributed by atoms with Crippen molar-refractivity contribution in [1.82, 2.24) is 10.9 Å². The van der Waals surface area contributed by atoms with E-state index in [1.165, 1.54) is 18.2 Å². The van der Waals surface area contributed by atoms with Crippen LogP contribution < -0.4 is 16.2 Å². The number of urea groups is 1. The van der Waals surface area contributed by atoms with Gasteiger partial charge in [-0.15, -0.1) is 0 Å². The lowest BCUT2D eigenvalue weighted by Gasteiger charge is -2.12. The van der Waals surface area contributed by atoms with Gasteiger partial charge in [0, 0.05) is 12.7 Å². The summed E-state index contributed by atoms with van der Waals surface area (Å²) < 4.78 is 5.14. The summed E-state index contributed by atoms with van der Waals surface area (Å²) in [4.78, 5) is 33.4. The highest BCUT2D eigenvalue weighted by molar-refractivity contribution is 5.93. The molecule has 9 nitrogen and oxygen atoms in total. The normalized spacial score (nSPS) is 17.0. The molecular weight excluding hydrogens is 280 g/mol. The first-order valence-electron chi connectivity index (χ1n) is 6.30. The maximum atomic E-state index is 11.6. The fourth-order valence-electron chi connectivity index (χ4n) is 1.88. The molecule has 1 aliphatic rings. The molecule has 3 amide bonds. The van der Waals surface area contributed by atoms with Gasteiger partial charge in [-0.2, -0.15) is 0 Å². The molecule has 9 heteroatoms. The minimum atomic E-state index is -0.782. The quantitative estimate of drug-likeness (QED) is 0.565. The van der Waals surface area contributed by atoms with Crippen LogP contribution in [0.15, 0.2) is 24.3 Å². The van der Waals surface area contributed by atoms with E-state index >= 15 is 0 Å². The summed E-state index contributed by atoms with van der Waals surface area (Å²) in [5.41, 5.74) is 4.12. The Morgan fingerprint density at radius 1 is 1.29 bits per heavy atom. The lowest BCUT2D eigenvalue weighted by Crippen LogP contribution is -2.47. The van der Waals surface area contributed by atoms with E-state index in [9.17, 15) is 19.7 Å². The van der Waals surface area contributed by atoms with Crippen LogP contribution in [0, 0.1) is 10.1 Å². The highest BCUT2D eigenvalue weighted by Gasteiger charge is 2.24. The standard InChI is InChI=1S/C12H14N4O5/c17-11(10-6-3-7-21-10)14-15-12(18)13-8-4-1-2-5-9(8)16(19)20/h1-2,4-5,10H,3,6-7H2,(H,14,17)(H2,13,15,18)/t10-/m0/s1. The minimum absolute atomic E-state index is 0.0337. The van der Waals surface area contributed by atoms with Crippen LogP contribution in [0.4, 0.5) is 16.2 Å². The summed E-state index contributed by atoms with van der Waals surface area (Å²) in [6, 6.07) is 4.91. The Hall–Kier alpha value is -2.68. The third-order valence-electron chi connectivity index (χ3n) is 2.87. The Labute approximate surface area is 119 Å². The summed E-state index contributed by atoms with van der Waals surface area (Å²) in [6.45, 7) is 0.514. The number of nitrogens with one attached hydrogen (secondary N) is 3. The lowest BCUT2D eigenvalue weighted by molar-refractivity contribution is -0.383. The van der Waals surface area contributed by atoms with Crippen LogP contribution in [0.1, 0.15) is 12.8 Å². The van der Waals surface area contributed by atoms with E-state index in [1.54, 1.807) is 6.07 Å². The van der Waals surface area contributed by atoms with Crippen molar-refractivity contribution in [2.45, 2.75) is 18.9 Å². The van der Waals surface area contributed by atoms with Gasteiger partial charge >= 0.3 is 6.03 Å². The van der Waals surface area contributed by atoms with Crippen molar-refractivity contribution in [2.75, 3.05) is 11.9 Å². The Morgan fingerprint density at radius 3 is 2.71 bits per heavy atom. The van der Waals surface area contributed by atoms with Crippen LogP contribution in [-0.4, -0.2) is 29.6 Å². The number of rotatable bonds is 3. The summed E-state index contributed by atoms with van der Waals surface area (Å²) in [7, 11) is 0. The Morgan fingerprint density at radius 2 is 2.05 bits per heavy atom. The predicted octanol–water partition coefficient (Wildman–Crippen LogP) is 0.926. The van der Waals surface area contributed by atoms with Gasteiger partial charge in [0.2, 0.25) is 0 Å². The molecule has 1 fully saturated rings. The molecule has 112 valence electrons. The van der Waals surface area contributed by atoms with E-state index in [0.717, 1.165) is 6.42 Å². The van der Waals surface area contributed by atoms with E-state index in [1.807, 2.05) is 0 Å². The van der Waals surface area contributed by atoms with E-state index in [0.29, 0.717) is 13.0 Å². The average Bonchev–Trinajstić information content (AvgIpc) is 2.99. The number of ether oxygens (including phenoxy) is 1. The monoisotopic (exact) mass is 294 g/mol. The fraction of sp³-hybridized carbons (Fsp3) is 0.333. The van der Waals surface area contributed by atoms with Crippen LogP contribution in [0.5, 0.6) is 0 Å². The predicted molar refractivity (Wildman–Crippen MR) is 72.4 cm³/mol. The van der Waals surface area contributed by atoms with Crippen molar-refractivity contribution in [3.8, 4) is 0 Å². The molecule has 0 unspecified atom stereocenters. The number of benzene rings is 1. The van der Waals surface area contributed by atoms with Crippen LogP contribution in [0.25, 0.3) is 0 Å². The van der Waals surface area contributed by atoms with Crippen LogP contribution in [0.2, 0.25) is 0 Å². The molecule has 3 N–H and O–H groups in total. The molecular formula is C12H14N4O5. The number of carbonyl (C=O) groups is 2. The van der Waals surface area contributed by atoms with Gasteiger partial charge in [0.15, 0.2) is 0 Å². The molecule has 0 radical (unpaired) electrons. The second-order valence-corrected chi connectivity index (χ2v) is 4.34. The third-order valence-corrected chi connectivity index (χ3v) is 2.87. The number of amides is 3. The number of nitro groups is 1. The number of hydrazine groups is 1. The Kier molecular flexibility index (Phi) is 4.67. The molecule has 2 rings (SSSR count). The largest absolute Gasteiger partial charge is 0.368 e. The number of nitrogens with zero attached hydrogens (tertiary/aromatic N) is 1. The van der Waals surface area contributed by atoms with Crippen LogP contribution in [-0.2, 0) is 9.53 Å². The summed E-state index contributed by atoms with van der Waals surface area (Å²) in [5, 5.41) is 13.1.